The number of amidine groups is 1. The summed E-state index contributed by atoms with van der Waals surface area (Å²) in [6.07, 6.45) is 1.43. The number of rotatable bonds is 4. The van der Waals surface area contributed by atoms with Gasteiger partial charge in [-0.3, -0.25) is 25.0 Å². The summed E-state index contributed by atoms with van der Waals surface area (Å²) >= 11 is 0. The molecule has 25 heavy (non-hydrogen) atoms. The van der Waals surface area contributed by atoms with E-state index in [1.165, 1.54) is 48.5 Å². The lowest BCUT2D eigenvalue weighted by Crippen LogP contribution is -2.24. The number of carbonyl (C=O) groups is 1. The molecule has 9 heteroatoms. The Balaban J connectivity index is 1.90. The van der Waals surface area contributed by atoms with Crippen molar-refractivity contribution in [1.29, 1.82) is 0 Å². The van der Waals surface area contributed by atoms with Gasteiger partial charge < -0.3 is 5.32 Å². The van der Waals surface area contributed by atoms with Crippen molar-refractivity contribution >= 4 is 29.2 Å². The maximum absolute atomic E-state index is 12.0. The fourth-order valence-corrected chi connectivity index (χ4v) is 2.23. The molecule has 0 bridgehead atoms. The Hall–Kier alpha value is -3.88. The van der Waals surface area contributed by atoms with Crippen molar-refractivity contribution in [2.45, 2.75) is 0 Å². The van der Waals surface area contributed by atoms with E-state index in [0.717, 1.165) is 0 Å². The SMILES string of the molecule is O=C1NC(c2ccc([N+](=O)[O-])cc2)=NC1=Cc1cccc([N+](=O)[O-])c1. The van der Waals surface area contributed by atoms with Crippen LogP contribution in [0.4, 0.5) is 11.4 Å². The zero-order valence-electron chi connectivity index (χ0n) is 12.6. The van der Waals surface area contributed by atoms with E-state index in [4.69, 9.17) is 0 Å². The minimum Gasteiger partial charge on any atom is -0.305 e. The molecule has 0 saturated carbocycles. The average Bonchev–Trinajstić information content (AvgIpc) is 2.96. The lowest BCUT2D eigenvalue weighted by atomic mass is 10.1. The van der Waals surface area contributed by atoms with Crippen molar-refractivity contribution in [2.24, 2.45) is 4.99 Å². The molecule has 0 aliphatic carbocycles. The van der Waals surface area contributed by atoms with E-state index < -0.39 is 15.8 Å². The maximum atomic E-state index is 12.0. The number of aliphatic imine (C=N–C) groups is 1. The lowest BCUT2D eigenvalue weighted by molar-refractivity contribution is -0.385. The third-order valence-electron chi connectivity index (χ3n) is 3.43. The minimum atomic E-state index is -0.525. The summed E-state index contributed by atoms with van der Waals surface area (Å²) < 4.78 is 0. The van der Waals surface area contributed by atoms with Crippen LogP contribution in [0.25, 0.3) is 6.08 Å². The number of carbonyl (C=O) groups excluding carboxylic acids is 1. The minimum absolute atomic E-state index is 0.0685. The highest BCUT2D eigenvalue weighted by Gasteiger charge is 2.21. The second-order valence-corrected chi connectivity index (χ2v) is 5.10. The zero-order chi connectivity index (χ0) is 18.0. The molecule has 0 spiro atoms. The van der Waals surface area contributed by atoms with Gasteiger partial charge in [0.25, 0.3) is 17.3 Å². The van der Waals surface area contributed by atoms with E-state index in [-0.39, 0.29) is 22.9 Å². The van der Waals surface area contributed by atoms with Gasteiger partial charge in [-0.1, -0.05) is 12.1 Å². The predicted octanol–water partition coefficient (Wildman–Crippen LogP) is 2.42. The number of nitro benzene ring substituents is 2. The molecular formula is C16H10N4O5. The first kappa shape index (κ1) is 16.0. The van der Waals surface area contributed by atoms with Gasteiger partial charge in [0, 0.05) is 29.8 Å². The van der Waals surface area contributed by atoms with E-state index in [9.17, 15) is 25.0 Å². The van der Waals surface area contributed by atoms with E-state index in [0.29, 0.717) is 11.1 Å². The number of amides is 1. The van der Waals surface area contributed by atoms with E-state index in [2.05, 4.69) is 10.3 Å². The van der Waals surface area contributed by atoms with Gasteiger partial charge in [0.05, 0.1) is 9.85 Å². The van der Waals surface area contributed by atoms with Gasteiger partial charge in [-0.2, -0.15) is 0 Å². The Kier molecular flexibility index (Phi) is 4.04. The monoisotopic (exact) mass is 338 g/mol. The van der Waals surface area contributed by atoms with Gasteiger partial charge in [-0.15, -0.1) is 0 Å². The van der Waals surface area contributed by atoms with E-state index in [1.54, 1.807) is 6.07 Å². The normalized spacial score (nSPS) is 15.0. The van der Waals surface area contributed by atoms with Crippen molar-refractivity contribution in [3.63, 3.8) is 0 Å². The quantitative estimate of drug-likeness (QED) is 0.520. The average molecular weight is 338 g/mol. The fourth-order valence-electron chi connectivity index (χ4n) is 2.23. The van der Waals surface area contributed by atoms with Gasteiger partial charge >= 0.3 is 0 Å². The van der Waals surface area contributed by atoms with E-state index in [1.807, 2.05) is 0 Å². The third-order valence-corrected chi connectivity index (χ3v) is 3.43. The Morgan fingerprint density at radius 1 is 0.960 bits per heavy atom. The van der Waals surface area contributed by atoms with Crippen molar-refractivity contribution in [1.82, 2.24) is 5.32 Å². The zero-order valence-corrected chi connectivity index (χ0v) is 12.6. The van der Waals surface area contributed by atoms with Crippen LogP contribution >= 0.6 is 0 Å². The summed E-state index contributed by atoms with van der Waals surface area (Å²) in [4.78, 5) is 36.6. The summed E-state index contributed by atoms with van der Waals surface area (Å²) in [5.41, 5.74) is 0.914. The molecule has 9 nitrogen and oxygen atoms in total. The van der Waals surface area contributed by atoms with Crippen molar-refractivity contribution in [3.05, 3.63) is 85.6 Å². The number of hydrogen-bond donors (Lipinski definition) is 1. The molecule has 2 aromatic rings. The topological polar surface area (TPSA) is 128 Å². The Morgan fingerprint density at radius 2 is 1.64 bits per heavy atom. The number of non-ortho nitro benzene ring substituents is 2. The van der Waals surface area contributed by atoms with Crippen LogP contribution in [0, 0.1) is 20.2 Å². The number of benzene rings is 2. The molecule has 0 atom stereocenters. The molecule has 0 radical (unpaired) electrons. The molecule has 3 rings (SSSR count). The number of hydrogen-bond acceptors (Lipinski definition) is 6. The van der Waals surface area contributed by atoms with Crippen LogP contribution in [-0.2, 0) is 4.79 Å². The highest BCUT2D eigenvalue weighted by Crippen LogP contribution is 2.19. The van der Waals surface area contributed by atoms with Crippen LogP contribution in [0.2, 0.25) is 0 Å². The first-order valence-electron chi connectivity index (χ1n) is 7.05. The molecule has 0 unspecified atom stereocenters. The number of nitrogens with zero attached hydrogens (tertiary/aromatic N) is 3. The van der Waals surface area contributed by atoms with Crippen molar-refractivity contribution in [2.75, 3.05) is 0 Å². The summed E-state index contributed by atoms with van der Waals surface area (Å²) in [5, 5.41) is 24.0. The Labute approximate surface area is 140 Å². The first-order valence-corrected chi connectivity index (χ1v) is 7.05. The first-order chi connectivity index (χ1) is 11.9. The van der Waals surface area contributed by atoms with Crippen LogP contribution in [0.5, 0.6) is 0 Å². The van der Waals surface area contributed by atoms with Gasteiger partial charge in [0.1, 0.15) is 11.5 Å². The van der Waals surface area contributed by atoms with Crippen LogP contribution < -0.4 is 5.32 Å². The molecule has 124 valence electrons. The van der Waals surface area contributed by atoms with Crippen LogP contribution in [0.3, 0.4) is 0 Å². The van der Waals surface area contributed by atoms with Crippen LogP contribution in [0.15, 0.2) is 59.2 Å². The highest BCUT2D eigenvalue weighted by atomic mass is 16.6. The molecule has 0 aromatic heterocycles. The van der Waals surface area contributed by atoms with Crippen molar-refractivity contribution in [3.8, 4) is 0 Å². The second kappa shape index (κ2) is 6.32. The summed E-state index contributed by atoms with van der Waals surface area (Å²) in [6, 6.07) is 11.4. The van der Waals surface area contributed by atoms with E-state index >= 15 is 0 Å². The molecule has 2 aromatic carbocycles. The molecule has 0 saturated heterocycles. The predicted molar refractivity (Wildman–Crippen MR) is 88.8 cm³/mol. The number of nitro groups is 2. The molecular weight excluding hydrogens is 328 g/mol. The fraction of sp³-hybridized carbons (Fsp3) is 0. The Bertz CT molecular complexity index is 947. The standard InChI is InChI=1S/C16H10N4O5/c21-16-14(9-10-2-1-3-13(8-10)20(24)25)17-15(18-16)11-4-6-12(7-5-11)19(22)23/h1-9H,(H,17,18,21). The smallest absolute Gasteiger partial charge is 0.275 e. The molecule has 1 aliphatic heterocycles. The molecule has 0 fully saturated rings. The van der Waals surface area contributed by atoms with Crippen molar-refractivity contribution < 1.29 is 14.6 Å². The second-order valence-electron chi connectivity index (χ2n) is 5.10. The lowest BCUT2D eigenvalue weighted by Gasteiger charge is -1.99. The summed E-state index contributed by atoms with van der Waals surface area (Å²) in [6.45, 7) is 0. The van der Waals surface area contributed by atoms with Gasteiger partial charge in [-0.05, 0) is 23.8 Å². The van der Waals surface area contributed by atoms with Crippen LogP contribution in [0.1, 0.15) is 11.1 Å². The van der Waals surface area contributed by atoms with Crippen LogP contribution in [-0.4, -0.2) is 21.6 Å². The third kappa shape index (κ3) is 3.39. The highest BCUT2D eigenvalue weighted by molar-refractivity contribution is 6.19. The van der Waals surface area contributed by atoms with Gasteiger partial charge in [0.2, 0.25) is 0 Å². The van der Waals surface area contributed by atoms with Gasteiger partial charge in [0.15, 0.2) is 0 Å². The molecule has 1 amide bonds. The molecule has 1 aliphatic rings. The summed E-state index contributed by atoms with van der Waals surface area (Å²) in [7, 11) is 0. The maximum Gasteiger partial charge on any atom is 0.275 e. The molecule has 1 N–H and O–H groups in total. The molecule has 1 heterocycles. The largest absolute Gasteiger partial charge is 0.305 e. The Morgan fingerprint density at radius 3 is 2.28 bits per heavy atom. The number of nitrogens with one attached hydrogen (secondary N) is 1. The van der Waals surface area contributed by atoms with Gasteiger partial charge in [-0.25, -0.2) is 4.99 Å². The summed E-state index contributed by atoms with van der Waals surface area (Å²) in [5.74, 6) is -0.198.